The summed E-state index contributed by atoms with van der Waals surface area (Å²) in [7, 11) is -2.62. The van der Waals surface area contributed by atoms with Crippen molar-refractivity contribution in [3.05, 3.63) is 0 Å². The first kappa shape index (κ1) is 13.4. The highest BCUT2D eigenvalue weighted by molar-refractivity contribution is 7.38. The van der Waals surface area contributed by atoms with Crippen molar-refractivity contribution in [1.82, 2.24) is 0 Å². The molecule has 1 rings (SSSR count). The zero-order valence-electron chi connectivity index (χ0n) is 10.8. The maximum atomic E-state index is 9.99. The van der Waals surface area contributed by atoms with Crippen LogP contribution in [0.3, 0.4) is 0 Å². The summed E-state index contributed by atoms with van der Waals surface area (Å²) in [6.07, 6.45) is 2.91. The molecule has 0 spiro atoms. The van der Waals surface area contributed by atoms with Gasteiger partial charge in [0.15, 0.2) is 7.83 Å². The summed E-state index contributed by atoms with van der Waals surface area (Å²) in [4.78, 5) is 0. The summed E-state index contributed by atoms with van der Waals surface area (Å²) >= 11 is 0. The Morgan fingerprint density at radius 2 is 1.93 bits per heavy atom. The lowest BCUT2D eigenvalue weighted by Crippen LogP contribution is -2.63. The normalized spacial score (nSPS) is 31.2. The van der Waals surface area contributed by atoms with E-state index in [9.17, 15) is 5.11 Å². The van der Waals surface area contributed by atoms with Crippen LogP contribution in [-0.2, 0) is 4.43 Å². The van der Waals surface area contributed by atoms with Crippen molar-refractivity contribution in [3.8, 4) is 0 Å². The van der Waals surface area contributed by atoms with E-state index >= 15 is 0 Å². The van der Waals surface area contributed by atoms with Crippen LogP contribution < -0.4 is 0 Å². The molecule has 0 aromatic carbocycles. The van der Waals surface area contributed by atoms with Crippen LogP contribution >= 0.6 is 0 Å². The fourth-order valence-electron chi connectivity index (χ4n) is 2.15. The fourth-order valence-corrected chi connectivity index (χ4v) is 8.76. The van der Waals surface area contributed by atoms with Gasteiger partial charge in [0.25, 0.3) is 0 Å². The molecular weight excluding hydrogens is 220 g/mol. The molecule has 4 heteroatoms. The minimum Gasteiger partial charge on any atom is -0.415 e. The molecule has 0 bridgehead atoms. The first-order chi connectivity index (χ1) is 6.80. The number of hydrogen-bond donors (Lipinski definition) is 1. The summed E-state index contributed by atoms with van der Waals surface area (Å²) in [5.41, 5.74) is 0. The summed E-state index contributed by atoms with van der Waals surface area (Å²) in [6.45, 7) is 11.7. The Labute approximate surface area is 96.0 Å². The van der Waals surface area contributed by atoms with Crippen molar-refractivity contribution in [2.24, 2.45) is 0 Å². The maximum absolute atomic E-state index is 9.99. The van der Waals surface area contributed by atoms with E-state index in [0.29, 0.717) is 0 Å². The zero-order valence-corrected chi connectivity index (χ0v) is 12.8. The van der Waals surface area contributed by atoms with E-state index in [-0.39, 0.29) is 12.2 Å². The van der Waals surface area contributed by atoms with Gasteiger partial charge in [-0.15, -0.1) is 0 Å². The van der Waals surface area contributed by atoms with Crippen molar-refractivity contribution in [2.75, 3.05) is 0 Å². The molecular formula is C11H26O2Si2. The third kappa shape index (κ3) is 2.93. The molecule has 2 nitrogen and oxygen atoms in total. The molecule has 2 atom stereocenters. The van der Waals surface area contributed by atoms with Gasteiger partial charge in [-0.05, 0) is 25.9 Å². The molecule has 0 radical (unpaired) electrons. The molecule has 2 unspecified atom stereocenters. The van der Waals surface area contributed by atoms with E-state index in [1.807, 2.05) is 0 Å². The molecule has 15 heavy (non-hydrogen) atoms. The second-order valence-corrected chi connectivity index (χ2v) is 21.1. The van der Waals surface area contributed by atoms with E-state index in [0.717, 1.165) is 19.3 Å². The fraction of sp³-hybridized carbons (Fsp3) is 1.00. The molecule has 1 aliphatic rings. The smallest absolute Gasteiger partial charge is 0.174 e. The maximum Gasteiger partial charge on any atom is 0.174 e. The Morgan fingerprint density at radius 3 is 2.40 bits per heavy atom. The number of rotatable bonds is 3. The lowest BCUT2D eigenvalue weighted by Gasteiger charge is -2.46. The highest BCUT2D eigenvalue weighted by atomic mass is 29.3. The van der Waals surface area contributed by atoms with Crippen LogP contribution in [0.2, 0.25) is 32.2 Å². The van der Waals surface area contributed by atoms with Crippen molar-refractivity contribution in [2.45, 2.75) is 70.6 Å². The second kappa shape index (κ2) is 4.69. The lowest BCUT2D eigenvalue weighted by atomic mass is 10.1. The molecule has 1 saturated heterocycles. The Hall–Kier alpha value is 0.354. The Bertz CT molecular complexity index is 217. The third-order valence-electron chi connectivity index (χ3n) is 4.14. The van der Waals surface area contributed by atoms with Crippen LogP contribution in [0.25, 0.3) is 0 Å². The highest BCUT2D eigenvalue weighted by Crippen LogP contribution is 2.34. The first-order valence-corrected chi connectivity index (χ1v) is 13.3. The van der Waals surface area contributed by atoms with E-state index in [4.69, 9.17) is 4.43 Å². The van der Waals surface area contributed by atoms with Crippen molar-refractivity contribution < 1.29 is 9.53 Å². The Morgan fingerprint density at radius 1 is 1.33 bits per heavy atom. The lowest BCUT2D eigenvalue weighted by molar-refractivity contribution is 0.0221. The number of aliphatic hydroxyl groups excluding tert-OH is 1. The topological polar surface area (TPSA) is 29.5 Å². The van der Waals surface area contributed by atoms with Crippen LogP contribution in [0, 0.1) is 0 Å². The van der Waals surface area contributed by atoms with E-state index in [2.05, 4.69) is 33.1 Å². The van der Waals surface area contributed by atoms with E-state index in [1.165, 1.54) is 6.04 Å². The first-order valence-electron chi connectivity index (χ1n) is 6.16. The van der Waals surface area contributed by atoms with Crippen LogP contribution in [-0.4, -0.2) is 32.7 Å². The predicted octanol–water partition coefficient (Wildman–Crippen LogP) is 2.93. The summed E-state index contributed by atoms with van der Waals surface area (Å²) in [5, 5.41) is 9.99. The minimum atomic E-state index is -1.49. The highest BCUT2D eigenvalue weighted by Gasteiger charge is 2.48. The van der Waals surface area contributed by atoms with Crippen LogP contribution in [0.15, 0.2) is 0 Å². The van der Waals surface area contributed by atoms with Crippen molar-refractivity contribution >= 4 is 15.4 Å². The van der Waals surface area contributed by atoms with Crippen molar-refractivity contribution in [3.63, 3.8) is 0 Å². The van der Waals surface area contributed by atoms with Gasteiger partial charge in [0.1, 0.15) is 0 Å². The second-order valence-electron chi connectivity index (χ2n) is 5.95. The van der Waals surface area contributed by atoms with Crippen LogP contribution in [0.5, 0.6) is 0 Å². The van der Waals surface area contributed by atoms with Gasteiger partial charge in [0.05, 0.1) is 19.8 Å². The summed E-state index contributed by atoms with van der Waals surface area (Å²) in [5.74, 6) is 0. The van der Waals surface area contributed by atoms with Gasteiger partial charge in [0.2, 0.25) is 0 Å². The predicted molar refractivity (Wildman–Crippen MR) is 70.2 cm³/mol. The minimum absolute atomic E-state index is 0.132. The SMILES string of the molecule is CCCC(O)C1CC[Si](C)(C)[Si](C)(C)O1. The average molecular weight is 246 g/mol. The van der Waals surface area contributed by atoms with Gasteiger partial charge >= 0.3 is 0 Å². The van der Waals surface area contributed by atoms with Crippen molar-refractivity contribution in [1.29, 1.82) is 0 Å². The molecule has 1 heterocycles. The Balaban J connectivity index is 2.62. The van der Waals surface area contributed by atoms with E-state index in [1.54, 1.807) is 0 Å². The zero-order chi connectivity index (χ0) is 11.7. The molecule has 0 saturated carbocycles. The van der Waals surface area contributed by atoms with Crippen LogP contribution in [0.4, 0.5) is 0 Å². The standard InChI is InChI=1S/C11H26O2Si2/c1-6-7-10(12)11-8-9-14(2,3)15(4,5)13-11/h10-12H,6-9H2,1-5H3. The molecule has 90 valence electrons. The van der Waals surface area contributed by atoms with Crippen LogP contribution in [0.1, 0.15) is 26.2 Å². The van der Waals surface area contributed by atoms with E-state index < -0.39 is 15.4 Å². The molecule has 1 N–H and O–H groups in total. The van der Waals surface area contributed by atoms with Gasteiger partial charge in [-0.2, -0.15) is 0 Å². The molecule has 1 fully saturated rings. The molecule has 0 amide bonds. The van der Waals surface area contributed by atoms with Gasteiger partial charge in [-0.3, -0.25) is 0 Å². The molecule has 0 aliphatic carbocycles. The van der Waals surface area contributed by atoms with Gasteiger partial charge in [0, 0.05) is 0 Å². The average Bonchev–Trinajstić information content (AvgIpc) is 2.10. The molecule has 0 aromatic rings. The monoisotopic (exact) mass is 246 g/mol. The number of aliphatic hydroxyl groups is 1. The third-order valence-corrected chi connectivity index (χ3v) is 20.7. The van der Waals surface area contributed by atoms with Gasteiger partial charge in [-0.25, -0.2) is 0 Å². The van der Waals surface area contributed by atoms with Gasteiger partial charge < -0.3 is 9.53 Å². The summed E-state index contributed by atoms with van der Waals surface area (Å²) in [6, 6.07) is 1.33. The molecule has 0 aromatic heterocycles. The summed E-state index contributed by atoms with van der Waals surface area (Å²) < 4.78 is 6.25. The largest absolute Gasteiger partial charge is 0.415 e. The molecule has 1 aliphatic heterocycles. The quantitative estimate of drug-likeness (QED) is 0.776. The number of hydrogen-bond acceptors (Lipinski definition) is 2. The van der Waals surface area contributed by atoms with Gasteiger partial charge in [-0.1, -0.05) is 32.5 Å². The Kier molecular flexibility index (Phi) is 4.20.